The fourth-order valence-corrected chi connectivity index (χ4v) is 2.74. The van der Waals surface area contributed by atoms with Crippen LogP contribution in [0.5, 0.6) is 0 Å². The molecule has 2 unspecified atom stereocenters. The lowest BCUT2D eigenvalue weighted by atomic mass is 9.92. The monoisotopic (exact) mass is 236 g/mol. The Morgan fingerprint density at radius 3 is 2.47 bits per heavy atom. The van der Waals surface area contributed by atoms with Crippen molar-refractivity contribution in [3.8, 4) is 0 Å². The average molecular weight is 237 g/mol. The molecule has 0 spiro atoms. The highest BCUT2D eigenvalue weighted by Gasteiger charge is 2.29. The third-order valence-corrected chi connectivity index (χ3v) is 3.67. The van der Waals surface area contributed by atoms with Crippen LogP contribution in [-0.2, 0) is 0 Å². The molecule has 0 radical (unpaired) electrons. The number of halogens is 2. The van der Waals surface area contributed by atoms with E-state index in [0.717, 1.165) is 44.9 Å². The molecule has 2 nitrogen and oxygen atoms in total. The zero-order valence-corrected chi connectivity index (χ0v) is 10.2. The molecule has 2 heterocycles. The van der Waals surface area contributed by atoms with Gasteiger partial charge >= 0.3 is 0 Å². The van der Waals surface area contributed by atoms with E-state index in [1.54, 1.807) is 0 Å². The number of alkyl halides is 1. The van der Waals surface area contributed by atoms with Crippen molar-refractivity contribution in [3.05, 3.63) is 0 Å². The molecule has 0 amide bonds. The Hall–Kier alpha value is 0.140. The first-order valence-corrected chi connectivity index (χ1v) is 5.86. The van der Waals surface area contributed by atoms with Gasteiger partial charge < -0.3 is 5.32 Å². The Balaban J connectivity index is 0.00000112. The SMILES string of the molecule is CC1CNCCC1N1CCC(F)CC1.Cl. The van der Waals surface area contributed by atoms with Gasteiger partial charge in [-0.1, -0.05) is 6.92 Å². The molecule has 15 heavy (non-hydrogen) atoms. The second-order valence-corrected chi connectivity index (χ2v) is 4.75. The van der Waals surface area contributed by atoms with Crippen molar-refractivity contribution in [3.63, 3.8) is 0 Å². The van der Waals surface area contributed by atoms with Crippen LogP contribution >= 0.6 is 12.4 Å². The van der Waals surface area contributed by atoms with Gasteiger partial charge in [-0.25, -0.2) is 4.39 Å². The second kappa shape index (κ2) is 6.02. The molecule has 2 aliphatic rings. The first-order chi connectivity index (χ1) is 6.77. The smallest absolute Gasteiger partial charge is 0.103 e. The van der Waals surface area contributed by atoms with Gasteiger partial charge in [-0.05, 0) is 38.3 Å². The topological polar surface area (TPSA) is 15.3 Å². The number of rotatable bonds is 1. The van der Waals surface area contributed by atoms with Gasteiger partial charge in [0, 0.05) is 19.1 Å². The maximum atomic E-state index is 13.0. The summed E-state index contributed by atoms with van der Waals surface area (Å²) in [6, 6.07) is 0.698. The van der Waals surface area contributed by atoms with Crippen molar-refractivity contribution in [1.82, 2.24) is 10.2 Å². The van der Waals surface area contributed by atoms with Gasteiger partial charge in [0.05, 0.1) is 0 Å². The molecule has 2 saturated heterocycles. The molecular weight excluding hydrogens is 215 g/mol. The van der Waals surface area contributed by atoms with Crippen molar-refractivity contribution in [2.24, 2.45) is 5.92 Å². The van der Waals surface area contributed by atoms with Crippen LogP contribution in [0.2, 0.25) is 0 Å². The fraction of sp³-hybridized carbons (Fsp3) is 1.00. The lowest BCUT2D eigenvalue weighted by Crippen LogP contribution is -2.51. The van der Waals surface area contributed by atoms with Crippen molar-refractivity contribution < 1.29 is 4.39 Å². The van der Waals surface area contributed by atoms with Crippen LogP contribution in [0, 0.1) is 5.92 Å². The largest absolute Gasteiger partial charge is 0.316 e. The Morgan fingerprint density at radius 2 is 1.87 bits per heavy atom. The summed E-state index contributed by atoms with van der Waals surface area (Å²) in [6.45, 7) is 6.50. The van der Waals surface area contributed by atoms with Crippen LogP contribution in [0.1, 0.15) is 26.2 Å². The number of nitrogens with one attached hydrogen (secondary N) is 1. The normalized spacial score (nSPS) is 34.8. The molecule has 2 fully saturated rings. The maximum Gasteiger partial charge on any atom is 0.103 e. The van der Waals surface area contributed by atoms with Crippen LogP contribution in [0.3, 0.4) is 0 Å². The molecule has 90 valence electrons. The lowest BCUT2D eigenvalue weighted by molar-refractivity contribution is 0.0694. The van der Waals surface area contributed by atoms with Gasteiger partial charge in [-0.3, -0.25) is 4.90 Å². The highest BCUT2D eigenvalue weighted by molar-refractivity contribution is 5.85. The summed E-state index contributed by atoms with van der Waals surface area (Å²) in [5.74, 6) is 0.722. The van der Waals surface area contributed by atoms with E-state index in [2.05, 4.69) is 17.1 Å². The molecule has 4 heteroatoms. The first-order valence-electron chi connectivity index (χ1n) is 5.86. The summed E-state index contributed by atoms with van der Waals surface area (Å²) >= 11 is 0. The highest BCUT2D eigenvalue weighted by atomic mass is 35.5. The van der Waals surface area contributed by atoms with Crippen molar-refractivity contribution in [2.45, 2.75) is 38.4 Å². The average Bonchev–Trinajstić information content (AvgIpc) is 2.20. The van der Waals surface area contributed by atoms with E-state index in [-0.39, 0.29) is 12.4 Å². The molecule has 0 aliphatic carbocycles. The van der Waals surface area contributed by atoms with E-state index >= 15 is 0 Å². The van der Waals surface area contributed by atoms with E-state index in [1.165, 1.54) is 6.42 Å². The first kappa shape index (κ1) is 13.2. The third-order valence-electron chi connectivity index (χ3n) is 3.67. The predicted octanol–water partition coefficient (Wildman–Crippen LogP) is 1.84. The minimum absolute atomic E-state index is 0. The molecule has 1 N–H and O–H groups in total. The molecular formula is C11H22ClFN2. The minimum Gasteiger partial charge on any atom is -0.316 e. The van der Waals surface area contributed by atoms with Gasteiger partial charge in [-0.15, -0.1) is 12.4 Å². The Morgan fingerprint density at radius 1 is 1.20 bits per heavy atom. The molecule has 0 bridgehead atoms. The number of likely N-dealkylation sites (tertiary alicyclic amines) is 1. The van der Waals surface area contributed by atoms with E-state index in [9.17, 15) is 4.39 Å². The highest BCUT2D eigenvalue weighted by Crippen LogP contribution is 2.22. The summed E-state index contributed by atoms with van der Waals surface area (Å²) in [6.07, 6.45) is 2.19. The van der Waals surface area contributed by atoms with E-state index in [1.807, 2.05) is 0 Å². The van der Waals surface area contributed by atoms with Gasteiger partial charge in [0.1, 0.15) is 6.17 Å². The Kier molecular flexibility index (Phi) is 5.30. The van der Waals surface area contributed by atoms with Crippen LogP contribution < -0.4 is 5.32 Å². The van der Waals surface area contributed by atoms with Crippen LogP contribution in [0.25, 0.3) is 0 Å². The number of nitrogens with zero attached hydrogens (tertiary/aromatic N) is 1. The zero-order valence-electron chi connectivity index (χ0n) is 9.42. The fourth-order valence-electron chi connectivity index (χ4n) is 2.74. The molecule has 2 aliphatic heterocycles. The summed E-state index contributed by atoms with van der Waals surface area (Å²) in [7, 11) is 0. The maximum absolute atomic E-state index is 13.0. The Bertz CT molecular complexity index is 183. The molecule has 0 saturated carbocycles. The Labute approximate surface area is 98.0 Å². The second-order valence-electron chi connectivity index (χ2n) is 4.75. The predicted molar refractivity (Wildman–Crippen MR) is 63.4 cm³/mol. The molecule has 0 aromatic carbocycles. The lowest BCUT2D eigenvalue weighted by Gasteiger charge is -2.41. The van der Waals surface area contributed by atoms with Gasteiger partial charge in [0.25, 0.3) is 0 Å². The van der Waals surface area contributed by atoms with E-state index < -0.39 is 6.17 Å². The summed E-state index contributed by atoms with van der Waals surface area (Å²) in [5, 5.41) is 3.41. The molecule has 0 aromatic rings. The van der Waals surface area contributed by atoms with Crippen molar-refractivity contribution >= 4 is 12.4 Å². The van der Waals surface area contributed by atoms with Gasteiger partial charge in [0.2, 0.25) is 0 Å². The third kappa shape index (κ3) is 3.30. The minimum atomic E-state index is -0.539. The van der Waals surface area contributed by atoms with Gasteiger partial charge in [-0.2, -0.15) is 0 Å². The van der Waals surface area contributed by atoms with Crippen molar-refractivity contribution in [1.29, 1.82) is 0 Å². The number of hydrogen-bond acceptors (Lipinski definition) is 2. The van der Waals surface area contributed by atoms with E-state index in [4.69, 9.17) is 0 Å². The van der Waals surface area contributed by atoms with Crippen LogP contribution in [0.15, 0.2) is 0 Å². The van der Waals surface area contributed by atoms with Gasteiger partial charge in [0.15, 0.2) is 0 Å². The quantitative estimate of drug-likeness (QED) is 0.748. The molecule has 2 atom stereocenters. The van der Waals surface area contributed by atoms with E-state index in [0.29, 0.717) is 6.04 Å². The summed E-state index contributed by atoms with van der Waals surface area (Å²) < 4.78 is 13.0. The zero-order chi connectivity index (χ0) is 9.97. The summed E-state index contributed by atoms with van der Waals surface area (Å²) in [4.78, 5) is 2.50. The van der Waals surface area contributed by atoms with Crippen LogP contribution in [-0.4, -0.2) is 43.3 Å². The number of piperidine rings is 2. The molecule has 0 aromatic heterocycles. The standard InChI is InChI=1S/C11H21FN2.ClH/c1-9-8-13-5-2-11(9)14-6-3-10(12)4-7-14;/h9-11,13H,2-8H2,1H3;1H. The molecule has 2 rings (SSSR count). The van der Waals surface area contributed by atoms with Crippen LogP contribution in [0.4, 0.5) is 4.39 Å². The van der Waals surface area contributed by atoms with Crippen molar-refractivity contribution in [2.75, 3.05) is 26.2 Å². The summed E-state index contributed by atoms with van der Waals surface area (Å²) in [5.41, 5.74) is 0. The number of hydrogen-bond donors (Lipinski definition) is 1.